The molecule has 0 unspecified atom stereocenters. The molecule has 2 rings (SSSR count). The minimum Gasteiger partial charge on any atom is -0.474 e. The summed E-state index contributed by atoms with van der Waals surface area (Å²) in [6, 6.07) is 6.35. The van der Waals surface area contributed by atoms with Gasteiger partial charge in [0.15, 0.2) is 0 Å². The average Bonchev–Trinajstić information content (AvgIpc) is 2.29. The Balaban J connectivity index is 2.46. The Morgan fingerprint density at radius 1 is 1.31 bits per heavy atom. The molecule has 0 fully saturated rings. The van der Waals surface area contributed by atoms with Crippen molar-refractivity contribution >= 4 is 23.5 Å². The number of rotatable bonds is 0. The zero-order valence-corrected chi connectivity index (χ0v) is 8.14. The molecule has 1 aliphatic heterocycles. The Morgan fingerprint density at radius 3 is 2.69 bits per heavy atom. The second-order valence-corrected chi connectivity index (χ2v) is 3.22. The van der Waals surface area contributed by atoms with Crippen molar-refractivity contribution in [1.82, 2.24) is 5.32 Å². The Morgan fingerprint density at radius 2 is 2.00 bits per heavy atom. The van der Waals surface area contributed by atoms with E-state index in [1.165, 1.54) is 12.1 Å². The fourth-order valence-corrected chi connectivity index (χ4v) is 1.53. The van der Waals surface area contributed by atoms with Crippen LogP contribution in [0.4, 0.5) is 5.69 Å². The highest BCUT2D eigenvalue weighted by atomic mass is 16.4. The van der Waals surface area contributed by atoms with Gasteiger partial charge in [0.2, 0.25) is 0 Å². The molecule has 2 amide bonds. The largest absolute Gasteiger partial charge is 0.474 e. The van der Waals surface area contributed by atoms with Crippen LogP contribution >= 0.6 is 0 Å². The van der Waals surface area contributed by atoms with Crippen molar-refractivity contribution < 1.29 is 19.5 Å². The number of carbonyl (C=O) groups is 3. The summed E-state index contributed by atoms with van der Waals surface area (Å²) in [4.78, 5) is 34.4. The molecule has 2 N–H and O–H groups in total. The Labute approximate surface area is 90.5 Å². The minimum absolute atomic E-state index is 0.124. The summed E-state index contributed by atoms with van der Waals surface area (Å²) in [5, 5.41) is 11.0. The van der Waals surface area contributed by atoms with Crippen molar-refractivity contribution in [2.24, 2.45) is 0 Å². The molecule has 1 aromatic carbocycles. The van der Waals surface area contributed by atoms with Crippen LogP contribution in [0, 0.1) is 0 Å². The van der Waals surface area contributed by atoms with Crippen molar-refractivity contribution in [3.8, 4) is 0 Å². The summed E-state index contributed by atoms with van der Waals surface area (Å²) in [5.74, 6) is -2.93. The lowest BCUT2D eigenvalue weighted by Gasteiger charge is -2.27. The maximum absolute atomic E-state index is 11.4. The molecular formula is C10H8N2O4. The van der Waals surface area contributed by atoms with Gasteiger partial charge in [-0.15, -0.1) is 0 Å². The van der Waals surface area contributed by atoms with Crippen molar-refractivity contribution in [3.63, 3.8) is 0 Å². The fourth-order valence-electron chi connectivity index (χ4n) is 1.53. The van der Waals surface area contributed by atoms with Crippen LogP contribution in [0.15, 0.2) is 24.3 Å². The highest BCUT2D eigenvalue weighted by Gasteiger charge is 2.29. The average molecular weight is 220 g/mol. The number of carboxylic acid groups (broad SMARTS) is 1. The SMILES string of the molecule is O=C(O)C(=O)N1CNC(=O)c2ccccc21. The molecule has 0 radical (unpaired) electrons. The minimum atomic E-state index is -1.55. The number of aliphatic carboxylic acids is 1. The zero-order valence-electron chi connectivity index (χ0n) is 8.14. The maximum Gasteiger partial charge on any atom is 0.395 e. The number of anilines is 1. The smallest absolute Gasteiger partial charge is 0.395 e. The number of benzene rings is 1. The first-order valence-electron chi connectivity index (χ1n) is 4.53. The van der Waals surface area contributed by atoms with E-state index in [1.54, 1.807) is 12.1 Å². The van der Waals surface area contributed by atoms with Gasteiger partial charge in [0.05, 0.1) is 17.9 Å². The van der Waals surface area contributed by atoms with Crippen molar-refractivity contribution in [3.05, 3.63) is 29.8 Å². The highest BCUT2D eigenvalue weighted by molar-refractivity contribution is 6.38. The molecular weight excluding hydrogens is 212 g/mol. The van der Waals surface area contributed by atoms with Gasteiger partial charge in [-0.05, 0) is 12.1 Å². The lowest BCUT2D eigenvalue weighted by Crippen LogP contribution is -2.48. The molecule has 1 aromatic rings. The van der Waals surface area contributed by atoms with Crippen molar-refractivity contribution in [1.29, 1.82) is 0 Å². The molecule has 0 aromatic heterocycles. The number of nitrogens with one attached hydrogen (secondary N) is 1. The summed E-state index contributed by atoms with van der Waals surface area (Å²) in [7, 11) is 0. The van der Waals surface area contributed by atoms with Gasteiger partial charge in [-0.3, -0.25) is 14.5 Å². The molecule has 1 aliphatic rings. The molecule has 0 spiro atoms. The summed E-state index contributed by atoms with van der Waals surface area (Å²) < 4.78 is 0. The van der Waals surface area contributed by atoms with Crippen molar-refractivity contribution in [2.45, 2.75) is 0 Å². The summed E-state index contributed by atoms with van der Waals surface area (Å²) in [5.41, 5.74) is 0.613. The van der Waals surface area contributed by atoms with Gasteiger partial charge < -0.3 is 10.4 Å². The van der Waals surface area contributed by atoms with E-state index < -0.39 is 11.9 Å². The summed E-state index contributed by atoms with van der Waals surface area (Å²) in [6.07, 6.45) is 0. The van der Waals surface area contributed by atoms with Crippen LogP contribution in [0.2, 0.25) is 0 Å². The normalized spacial score (nSPS) is 14.0. The van der Waals surface area contributed by atoms with E-state index in [-0.39, 0.29) is 12.6 Å². The number of hydrogen-bond acceptors (Lipinski definition) is 3. The van der Waals surface area contributed by atoms with Gasteiger partial charge >= 0.3 is 11.9 Å². The second-order valence-electron chi connectivity index (χ2n) is 3.22. The Bertz CT molecular complexity index is 483. The molecule has 6 nitrogen and oxygen atoms in total. The van der Waals surface area contributed by atoms with Gasteiger partial charge in [0.1, 0.15) is 0 Å². The number of amides is 2. The molecule has 0 atom stereocenters. The third kappa shape index (κ3) is 1.50. The molecule has 82 valence electrons. The van der Waals surface area contributed by atoms with Gasteiger partial charge in [0.25, 0.3) is 5.91 Å². The van der Waals surface area contributed by atoms with E-state index >= 15 is 0 Å². The van der Waals surface area contributed by atoms with E-state index in [0.717, 1.165) is 4.90 Å². The molecule has 0 saturated carbocycles. The van der Waals surface area contributed by atoms with E-state index in [4.69, 9.17) is 5.11 Å². The summed E-state index contributed by atoms with van der Waals surface area (Å²) >= 11 is 0. The van der Waals surface area contributed by atoms with Crippen LogP contribution < -0.4 is 10.2 Å². The van der Waals surface area contributed by atoms with Gasteiger partial charge in [0, 0.05) is 0 Å². The van der Waals surface area contributed by atoms with Gasteiger partial charge in [-0.25, -0.2) is 4.79 Å². The molecule has 16 heavy (non-hydrogen) atoms. The molecule has 0 saturated heterocycles. The number of nitrogens with zero attached hydrogens (tertiary/aromatic N) is 1. The zero-order chi connectivity index (χ0) is 11.7. The van der Waals surface area contributed by atoms with Gasteiger partial charge in [-0.1, -0.05) is 12.1 Å². The van der Waals surface area contributed by atoms with E-state index in [1.807, 2.05) is 0 Å². The van der Waals surface area contributed by atoms with Crippen LogP contribution in [0.5, 0.6) is 0 Å². The Hall–Kier alpha value is -2.37. The first-order valence-corrected chi connectivity index (χ1v) is 4.53. The number of fused-ring (bicyclic) bond motifs is 1. The number of para-hydroxylation sites is 1. The van der Waals surface area contributed by atoms with E-state index in [9.17, 15) is 14.4 Å². The number of carboxylic acids is 1. The second kappa shape index (κ2) is 3.65. The van der Waals surface area contributed by atoms with Crippen LogP contribution in [0.1, 0.15) is 10.4 Å². The van der Waals surface area contributed by atoms with Gasteiger partial charge in [-0.2, -0.15) is 0 Å². The van der Waals surface area contributed by atoms with Crippen LogP contribution in [0.25, 0.3) is 0 Å². The molecule has 0 aliphatic carbocycles. The highest BCUT2D eigenvalue weighted by Crippen LogP contribution is 2.22. The van der Waals surface area contributed by atoms with Crippen LogP contribution in [0.3, 0.4) is 0 Å². The first kappa shape index (κ1) is 10.2. The first-order chi connectivity index (χ1) is 7.61. The standard InChI is InChI=1S/C10H8N2O4/c13-8-6-3-1-2-4-7(6)12(5-11-8)9(14)10(15)16/h1-4H,5H2,(H,11,13)(H,15,16). The fraction of sp³-hybridized carbons (Fsp3) is 0.100. The van der Waals surface area contributed by atoms with E-state index in [0.29, 0.717) is 11.3 Å². The van der Waals surface area contributed by atoms with Crippen molar-refractivity contribution in [2.75, 3.05) is 11.6 Å². The third-order valence-corrected chi connectivity index (χ3v) is 2.27. The molecule has 0 bridgehead atoms. The van der Waals surface area contributed by atoms with Crippen LogP contribution in [-0.2, 0) is 9.59 Å². The van der Waals surface area contributed by atoms with Crippen LogP contribution in [-0.4, -0.2) is 29.6 Å². The Kier molecular flexibility index (Phi) is 2.32. The summed E-state index contributed by atoms with van der Waals surface area (Å²) in [6.45, 7) is -0.124. The number of carbonyl (C=O) groups excluding carboxylic acids is 2. The lowest BCUT2D eigenvalue weighted by atomic mass is 10.1. The topological polar surface area (TPSA) is 86.7 Å². The number of hydrogen-bond donors (Lipinski definition) is 2. The predicted octanol–water partition coefficient (Wildman–Crippen LogP) is -0.195. The molecule has 1 heterocycles. The van der Waals surface area contributed by atoms with E-state index in [2.05, 4.69) is 5.32 Å². The quantitative estimate of drug-likeness (QED) is 0.593. The molecule has 6 heteroatoms. The third-order valence-electron chi connectivity index (χ3n) is 2.27. The lowest BCUT2D eigenvalue weighted by molar-refractivity contribution is -0.148. The maximum atomic E-state index is 11.4. The predicted molar refractivity (Wildman–Crippen MR) is 53.9 cm³/mol. The monoisotopic (exact) mass is 220 g/mol.